The standard InChI is InChI=1S/C17H27ClN2/c1-13(2)4-7-17(20-10-8-19-9-11-20)16-6-5-15(18)12-14(16)3/h5-6,12-13,17,19H,4,7-11H2,1-3H3/t17-/m1/s1. The van der Waals surface area contributed by atoms with Crippen LogP contribution in [0.3, 0.4) is 0 Å². The molecular weight excluding hydrogens is 268 g/mol. The van der Waals surface area contributed by atoms with Crippen LogP contribution >= 0.6 is 11.6 Å². The second kappa shape index (κ2) is 7.44. The normalized spacial score (nSPS) is 18.4. The Morgan fingerprint density at radius 1 is 1.20 bits per heavy atom. The number of piperazine rings is 1. The summed E-state index contributed by atoms with van der Waals surface area (Å²) in [6.45, 7) is 11.3. The van der Waals surface area contributed by atoms with Gasteiger partial charge in [-0.1, -0.05) is 31.5 Å². The Hall–Kier alpha value is -0.570. The fraction of sp³-hybridized carbons (Fsp3) is 0.647. The highest BCUT2D eigenvalue weighted by atomic mass is 35.5. The molecule has 1 fully saturated rings. The van der Waals surface area contributed by atoms with Gasteiger partial charge in [0.05, 0.1) is 0 Å². The van der Waals surface area contributed by atoms with Crippen LogP contribution in [0, 0.1) is 12.8 Å². The van der Waals surface area contributed by atoms with Crippen molar-refractivity contribution in [2.75, 3.05) is 26.2 Å². The van der Waals surface area contributed by atoms with Crippen molar-refractivity contribution in [2.24, 2.45) is 5.92 Å². The number of nitrogens with zero attached hydrogens (tertiary/aromatic N) is 1. The molecule has 1 N–H and O–H groups in total. The van der Waals surface area contributed by atoms with Crippen LogP contribution in [0.2, 0.25) is 5.02 Å². The molecule has 0 aromatic heterocycles. The summed E-state index contributed by atoms with van der Waals surface area (Å²) in [6, 6.07) is 6.90. The molecule has 1 heterocycles. The molecule has 0 spiro atoms. The van der Waals surface area contributed by atoms with Gasteiger partial charge in [0.1, 0.15) is 0 Å². The smallest absolute Gasteiger partial charge is 0.0408 e. The average Bonchev–Trinajstić information content (AvgIpc) is 2.42. The van der Waals surface area contributed by atoms with Crippen LogP contribution in [0.15, 0.2) is 18.2 Å². The van der Waals surface area contributed by atoms with E-state index in [2.05, 4.69) is 43.1 Å². The van der Waals surface area contributed by atoms with Crippen LogP contribution in [-0.4, -0.2) is 31.1 Å². The molecule has 0 aliphatic carbocycles. The monoisotopic (exact) mass is 294 g/mol. The summed E-state index contributed by atoms with van der Waals surface area (Å²) in [5.74, 6) is 0.757. The minimum Gasteiger partial charge on any atom is -0.314 e. The molecule has 2 nitrogen and oxygen atoms in total. The second-order valence-corrected chi connectivity index (χ2v) is 6.71. The average molecular weight is 295 g/mol. The van der Waals surface area contributed by atoms with Crippen molar-refractivity contribution in [3.63, 3.8) is 0 Å². The summed E-state index contributed by atoms with van der Waals surface area (Å²) in [6.07, 6.45) is 2.51. The molecule has 0 radical (unpaired) electrons. The molecule has 1 aromatic carbocycles. The predicted octanol–water partition coefficient (Wildman–Crippen LogP) is 4.03. The molecule has 0 amide bonds. The fourth-order valence-electron chi connectivity index (χ4n) is 3.03. The molecule has 3 heteroatoms. The summed E-state index contributed by atoms with van der Waals surface area (Å²) in [7, 11) is 0. The van der Waals surface area contributed by atoms with Gasteiger partial charge < -0.3 is 5.32 Å². The zero-order chi connectivity index (χ0) is 14.5. The van der Waals surface area contributed by atoms with Crippen molar-refractivity contribution in [1.82, 2.24) is 10.2 Å². The Bertz CT molecular complexity index is 425. The number of hydrogen-bond donors (Lipinski definition) is 1. The predicted molar refractivity (Wildman–Crippen MR) is 87.4 cm³/mol. The van der Waals surface area contributed by atoms with Crippen LogP contribution in [0.1, 0.15) is 43.9 Å². The molecule has 1 saturated heterocycles. The quantitative estimate of drug-likeness (QED) is 0.882. The SMILES string of the molecule is Cc1cc(Cl)ccc1[C@@H](CCC(C)C)N1CCNCC1. The highest BCUT2D eigenvalue weighted by Crippen LogP contribution is 2.31. The van der Waals surface area contributed by atoms with E-state index >= 15 is 0 Å². The summed E-state index contributed by atoms with van der Waals surface area (Å²) in [4.78, 5) is 2.63. The van der Waals surface area contributed by atoms with Crippen molar-refractivity contribution < 1.29 is 0 Å². The van der Waals surface area contributed by atoms with Gasteiger partial charge in [-0.25, -0.2) is 0 Å². The van der Waals surface area contributed by atoms with E-state index in [1.807, 2.05) is 6.07 Å². The van der Waals surface area contributed by atoms with E-state index < -0.39 is 0 Å². The zero-order valence-electron chi connectivity index (χ0n) is 13.0. The molecule has 1 aromatic rings. The first-order valence-corrected chi connectivity index (χ1v) is 8.16. The summed E-state index contributed by atoms with van der Waals surface area (Å²) >= 11 is 6.11. The molecule has 1 aliphatic heterocycles. The highest BCUT2D eigenvalue weighted by Gasteiger charge is 2.23. The lowest BCUT2D eigenvalue weighted by atomic mass is 9.93. The van der Waals surface area contributed by atoms with Crippen molar-refractivity contribution in [3.8, 4) is 0 Å². The molecular formula is C17H27ClN2. The number of benzene rings is 1. The minimum absolute atomic E-state index is 0.539. The van der Waals surface area contributed by atoms with Gasteiger partial charge in [0.15, 0.2) is 0 Å². The van der Waals surface area contributed by atoms with Gasteiger partial charge >= 0.3 is 0 Å². The van der Waals surface area contributed by atoms with Gasteiger partial charge in [-0.2, -0.15) is 0 Å². The molecule has 1 atom stereocenters. The molecule has 1 aliphatic rings. The topological polar surface area (TPSA) is 15.3 Å². The van der Waals surface area contributed by atoms with E-state index in [-0.39, 0.29) is 0 Å². The van der Waals surface area contributed by atoms with E-state index in [4.69, 9.17) is 11.6 Å². The van der Waals surface area contributed by atoms with Gasteiger partial charge in [0.25, 0.3) is 0 Å². The maximum atomic E-state index is 6.11. The van der Waals surface area contributed by atoms with Crippen LogP contribution in [-0.2, 0) is 0 Å². The maximum absolute atomic E-state index is 6.11. The summed E-state index contributed by atoms with van der Waals surface area (Å²) < 4.78 is 0. The Kier molecular flexibility index (Phi) is 5.88. The van der Waals surface area contributed by atoms with E-state index in [1.54, 1.807) is 0 Å². The van der Waals surface area contributed by atoms with Crippen LogP contribution in [0.25, 0.3) is 0 Å². The van der Waals surface area contributed by atoms with Crippen LogP contribution < -0.4 is 5.32 Å². The molecule has 0 saturated carbocycles. The lowest BCUT2D eigenvalue weighted by Crippen LogP contribution is -2.45. The van der Waals surface area contributed by atoms with Gasteiger partial charge in [-0.05, 0) is 48.9 Å². The van der Waals surface area contributed by atoms with Crippen molar-refractivity contribution in [3.05, 3.63) is 34.3 Å². The van der Waals surface area contributed by atoms with Gasteiger partial charge in [-0.15, -0.1) is 0 Å². The first-order chi connectivity index (χ1) is 9.58. The molecule has 112 valence electrons. The Labute approximate surface area is 128 Å². The highest BCUT2D eigenvalue weighted by molar-refractivity contribution is 6.30. The Morgan fingerprint density at radius 3 is 2.50 bits per heavy atom. The van der Waals surface area contributed by atoms with Gasteiger partial charge in [0.2, 0.25) is 0 Å². The molecule has 20 heavy (non-hydrogen) atoms. The Balaban J connectivity index is 2.19. The lowest BCUT2D eigenvalue weighted by Gasteiger charge is -2.36. The van der Waals surface area contributed by atoms with Gasteiger partial charge in [0, 0.05) is 37.2 Å². The fourth-order valence-corrected chi connectivity index (χ4v) is 3.26. The molecule has 0 bridgehead atoms. The first kappa shape index (κ1) is 15.8. The minimum atomic E-state index is 0.539. The van der Waals surface area contributed by atoms with Gasteiger partial charge in [-0.3, -0.25) is 4.90 Å². The van der Waals surface area contributed by atoms with Crippen molar-refractivity contribution in [1.29, 1.82) is 0 Å². The third-order valence-corrected chi connectivity index (χ3v) is 4.44. The van der Waals surface area contributed by atoms with E-state index in [1.165, 1.54) is 24.0 Å². The molecule has 0 unspecified atom stereocenters. The Morgan fingerprint density at radius 2 is 1.90 bits per heavy atom. The first-order valence-electron chi connectivity index (χ1n) is 7.78. The molecule has 2 rings (SSSR count). The summed E-state index contributed by atoms with van der Waals surface area (Å²) in [5, 5.41) is 4.29. The summed E-state index contributed by atoms with van der Waals surface area (Å²) in [5.41, 5.74) is 2.78. The number of aryl methyl sites for hydroxylation is 1. The third-order valence-electron chi connectivity index (χ3n) is 4.20. The van der Waals surface area contributed by atoms with E-state index in [9.17, 15) is 0 Å². The van der Waals surface area contributed by atoms with Crippen molar-refractivity contribution >= 4 is 11.6 Å². The van der Waals surface area contributed by atoms with Crippen molar-refractivity contribution in [2.45, 2.75) is 39.7 Å². The largest absolute Gasteiger partial charge is 0.314 e. The van der Waals surface area contributed by atoms with E-state index in [0.29, 0.717) is 6.04 Å². The number of halogens is 1. The van der Waals surface area contributed by atoms with Crippen LogP contribution in [0.5, 0.6) is 0 Å². The zero-order valence-corrected chi connectivity index (χ0v) is 13.7. The third kappa shape index (κ3) is 4.21. The maximum Gasteiger partial charge on any atom is 0.0408 e. The van der Waals surface area contributed by atoms with Crippen LogP contribution in [0.4, 0.5) is 0 Å². The lowest BCUT2D eigenvalue weighted by molar-refractivity contribution is 0.159. The number of hydrogen-bond acceptors (Lipinski definition) is 2. The number of nitrogens with one attached hydrogen (secondary N) is 1. The number of rotatable bonds is 5. The van der Waals surface area contributed by atoms with E-state index in [0.717, 1.165) is 37.1 Å². The second-order valence-electron chi connectivity index (χ2n) is 6.27.